The summed E-state index contributed by atoms with van der Waals surface area (Å²) in [7, 11) is 0. The van der Waals surface area contributed by atoms with E-state index in [4.69, 9.17) is 11.6 Å². The Balaban J connectivity index is 1.74. The number of carbonyl (C=O) groups is 2. The minimum atomic E-state index is -0.455. The molecule has 0 spiro atoms. The van der Waals surface area contributed by atoms with E-state index in [2.05, 4.69) is 20.8 Å². The summed E-state index contributed by atoms with van der Waals surface area (Å²) < 4.78 is 0. The molecule has 0 aromatic carbocycles. The molecule has 26 heavy (non-hydrogen) atoms. The van der Waals surface area contributed by atoms with Crippen molar-refractivity contribution in [1.82, 2.24) is 0 Å². The molecular formula is C22H29ClO3. The molecule has 8 atom stereocenters. The standard InChI is InChI=1S/C22H29ClO3/c1-12-8-16-15-5-4-13-9-14(24)6-7-21(13,2)20(15)17(25)10-22(16,3)19(12)18(26)11-23/h6-7,9,12,15-17,19-20,25H,4-5,8,10-11H2,1-3H3/t12-,15?,16?,17?,19?,20?,21-,22?/m0/s1. The quantitative estimate of drug-likeness (QED) is 0.743. The van der Waals surface area contributed by atoms with Crippen molar-refractivity contribution >= 4 is 23.2 Å². The lowest BCUT2D eigenvalue weighted by Crippen LogP contribution is -2.56. The van der Waals surface area contributed by atoms with Gasteiger partial charge in [-0.05, 0) is 61.0 Å². The number of aliphatic hydroxyl groups excluding tert-OH is 1. The second-order valence-electron chi connectivity index (χ2n) is 9.59. The minimum absolute atomic E-state index is 0.0474. The molecule has 1 N–H and O–H groups in total. The van der Waals surface area contributed by atoms with E-state index in [1.54, 1.807) is 12.2 Å². The summed E-state index contributed by atoms with van der Waals surface area (Å²) >= 11 is 5.93. The summed E-state index contributed by atoms with van der Waals surface area (Å²) in [6.07, 6.45) is 8.64. The first-order chi connectivity index (χ1) is 12.2. The normalized spacial score (nSPS) is 49.9. The van der Waals surface area contributed by atoms with Gasteiger partial charge in [0.25, 0.3) is 0 Å². The molecule has 0 saturated heterocycles. The Morgan fingerprint density at radius 2 is 2.12 bits per heavy atom. The summed E-state index contributed by atoms with van der Waals surface area (Å²) in [5.41, 5.74) is 0.765. The van der Waals surface area contributed by atoms with Crippen LogP contribution >= 0.6 is 11.6 Å². The van der Waals surface area contributed by atoms with E-state index in [1.165, 1.54) is 5.57 Å². The summed E-state index contributed by atoms with van der Waals surface area (Å²) in [6.45, 7) is 6.57. The predicted molar refractivity (Wildman–Crippen MR) is 102 cm³/mol. The van der Waals surface area contributed by atoms with E-state index in [9.17, 15) is 14.7 Å². The second kappa shape index (κ2) is 6.04. The first-order valence-corrected chi connectivity index (χ1v) is 10.5. The number of ketones is 2. The highest BCUT2D eigenvalue weighted by molar-refractivity contribution is 6.28. The van der Waals surface area contributed by atoms with Gasteiger partial charge in [0, 0.05) is 17.3 Å². The molecule has 0 aromatic heterocycles. The average molecular weight is 377 g/mol. The zero-order valence-electron chi connectivity index (χ0n) is 15.9. The molecule has 0 heterocycles. The molecule has 4 rings (SSSR count). The first kappa shape index (κ1) is 18.4. The molecule has 0 aromatic rings. The maximum absolute atomic E-state index is 12.6. The van der Waals surface area contributed by atoms with Gasteiger partial charge in [0.05, 0.1) is 12.0 Å². The van der Waals surface area contributed by atoms with Crippen molar-refractivity contribution in [3.05, 3.63) is 23.8 Å². The number of fused-ring (bicyclic) bond motifs is 5. The molecule has 0 radical (unpaired) electrons. The van der Waals surface area contributed by atoms with Crippen LogP contribution in [0.15, 0.2) is 23.8 Å². The molecule has 0 amide bonds. The van der Waals surface area contributed by atoms with Crippen LogP contribution in [0.3, 0.4) is 0 Å². The van der Waals surface area contributed by atoms with Crippen LogP contribution in [-0.2, 0) is 9.59 Å². The number of allylic oxidation sites excluding steroid dienone is 4. The molecule has 142 valence electrons. The maximum atomic E-state index is 12.6. The van der Waals surface area contributed by atoms with Crippen LogP contribution in [0.25, 0.3) is 0 Å². The van der Waals surface area contributed by atoms with Crippen molar-refractivity contribution in [3.63, 3.8) is 0 Å². The number of carbonyl (C=O) groups excluding carboxylic acids is 2. The summed E-state index contributed by atoms with van der Waals surface area (Å²) in [4.78, 5) is 24.5. The average Bonchev–Trinajstić information content (AvgIpc) is 2.84. The van der Waals surface area contributed by atoms with Gasteiger partial charge in [-0.2, -0.15) is 0 Å². The monoisotopic (exact) mass is 376 g/mol. The molecule has 3 nitrogen and oxygen atoms in total. The minimum Gasteiger partial charge on any atom is -0.393 e. The van der Waals surface area contributed by atoms with Gasteiger partial charge in [-0.15, -0.1) is 11.6 Å². The fourth-order valence-corrected chi connectivity index (χ4v) is 7.63. The lowest BCUT2D eigenvalue weighted by Gasteiger charge is -2.58. The smallest absolute Gasteiger partial charge is 0.178 e. The first-order valence-electron chi connectivity index (χ1n) is 9.93. The number of aliphatic hydroxyl groups is 1. The van der Waals surface area contributed by atoms with Crippen LogP contribution in [0, 0.1) is 40.4 Å². The summed E-state index contributed by atoms with van der Waals surface area (Å²) in [5, 5.41) is 11.3. The molecule has 0 bridgehead atoms. The molecule has 4 aliphatic carbocycles. The van der Waals surface area contributed by atoms with Crippen molar-refractivity contribution in [2.75, 3.05) is 5.88 Å². The van der Waals surface area contributed by atoms with E-state index in [0.717, 1.165) is 19.3 Å². The third-order valence-electron chi connectivity index (χ3n) is 8.31. The van der Waals surface area contributed by atoms with E-state index in [0.29, 0.717) is 24.2 Å². The lowest BCUT2D eigenvalue weighted by molar-refractivity contribution is -0.138. The van der Waals surface area contributed by atoms with Crippen LogP contribution in [-0.4, -0.2) is 28.7 Å². The van der Waals surface area contributed by atoms with E-state index < -0.39 is 6.10 Å². The van der Waals surface area contributed by atoms with E-state index >= 15 is 0 Å². The van der Waals surface area contributed by atoms with Crippen LogP contribution in [0.1, 0.15) is 46.5 Å². The highest BCUT2D eigenvalue weighted by Crippen LogP contribution is 2.67. The van der Waals surface area contributed by atoms with Gasteiger partial charge < -0.3 is 5.11 Å². The van der Waals surface area contributed by atoms with Crippen LogP contribution in [0.2, 0.25) is 0 Å². The molecule has 4 aliphatic rings. The number of hydrogen-bond acceptors (Lipinski definition) is 3. The van der Waals surface area contributed by atoms with E-state index in [-0.39, 0.29) is 40.1 Å². The Kier molecular flexibility index (Phi) is 4.28. The third kappa shape index (κ3) is 2.36. The Labute approximate surface area is 160 Å². The highest BCUT2D eigenvalue weighted by atomic mass is 35.5. The zero-order valence-corrected chi connectivity index (χ0v) is 16.6. The van der Waals surface area contributed by atoms with Crippen molar-refractivity contribution in [3.8, 4) is 0 Å². The fraction of sp³-hybridized carbons (Fsp3) is 0.727. The number of hydrogen-bond donors (Lipinski definition) is 1. The zero-order chi connectivity index (χ0) is 18.9. The molecule has 4 heteroatoms. The van der Waals surface area contributed by atoms with Crippen LogP contribution in [0.4, 0.5) is 0 Å². The van der Waals surface area contributed by atoms with Crippen LogP contribution < -0.4 is 0 Å². The number of halogens is 1. The Hall–Kier alpha value is -0.930. The maximum Gasteiger partial charge on any atom is 0.178 e. The summed E-state index contributed by atoms with van der Waals surface area (Å²) in [5.74, 6) is 1.49. The number of rotatable bonds is 2. The predicted octanol–water partition coefficient (Wildman–Crippen LogP) is 3.94. The molecule has 3 saturated carbocycles. The molecular weight excluding hydrogens is 348 g/mol. The third-order valence-corrected chi connectivity index (χ3v) is 8.58. The SMILES string of the molecule is C[C@H]1CC2C3CCC4=CC(=O)C=C[C@]4(C)C3C(O)CC2(C)C1C(=O)CCl. The molecule has 0 aliphatic heterocycles. The van der Waals surface area contributed by atoms with Crippen molar-refractivity contribution in [1.29, 1.82) is 0 Å². The van der Waals surface area contributed by atoms with Gasteiger partial charge in [-0.25, -0.2) is 0 Å². The number of alkyl halides is 1. The van der Waals surface area contributed by atoms with Crippen molar-refractivity contribution in [2.45, 2.75) is 52.6 Å². The van der Waals surface area contributed by atoms with Gasteiger partial charge in [0.15, 0.2) is 11.6 Å². The van der Waals surface area contributed by atoms with Gasteiger partial charge in [0.1, 0.15) is 0 Å². The largest absolute Gasteiger partial charge is 0.393 e. The van der Waals surface area contributed by atoms with Crippen molar-refractivity contribution < 1.29 is 14.7 Å². The number of Topliss-reactive ketones (excluding diaryl/α,β-unsaturated/α-hetero) is 1. The van der Waals surface area contributed by atoms with Gasteiger partial charge in [-0.3, -0.25) is 9.59 Å². The van der Waals surface area contributed by atoms with Crippen molar-refractivity contribution in [2.24, 2.45) is 40.4 Å². The Morgan fingerprint density at radius 3 is 2.81 bits per heavy atom. The molecule has 3 fully saturated rings. The van der Waals surface area contributed by atoms with Gasteiger partial charge >= 0.3 is 0 Å². The highest BCUT2D eigenvalue weighted by Gasteiger charge is 2.64. The summed E-state index contributed by atoms with van der Waals surface area (Å²) in [6, 6.07) is 0. The Morgan fingerprint density at radius 1 is 1.38 bits per heavy atom. The Bertz CT molecular complexity index is 710. The van der Waals surface area contributed by atoms with E-state index in [1.807, 2.05) is 6.08 Å². The topological polar surface area (TPSA) is 54.4 Å². The van der Waals surface area contributed by atoms with Gasteiger partial charge in [0.2, 0.25) is 0 Å². The lowest BCUT2D eigenvalue weighted by atomic mass is 9.46. The second-order valence-corrected chi connectivity index (χ2v) is 9.86. The molecule has 6 unspecified atom stereocenters. The van der Waals surface area contributed by atoms with Gasteiger partial charge in [-0.1, -0.05) is 32.4 Å². The fourth-order valence-electron chi connectivity index (χ4n) is 7.46. The van der Waals surface area contributed by atoms with Crippen LogP contribution in [0.5, 0.6) is 0 Å².